The van der Waals surface area contributed by atoms with E-state index in [9.17, 15) is 0 Å². The first kappa shape index (κ1) is 11.5. The zero-order valence-corrected chi connectivity index (χ0v) is 8.26. The summed E-state index contributed by atoms with van der Waals surface area (Å²) < 4.78 is 10.3. The molecule has 0 bridgehead atoms. The monoisotopic (exact) mass is 174 g/mol. The highest BCUT2D eigenvalue weighted by molar-refractivity contribution is 4.76. The molecule has 0 rings (SSSR count). The van der Waals surface area contributed by atoms with Gasteiger partial charge in [-0.1, -0.05) is 6.92 Å². The lowest BCUT2D eigenvalue weighted by Gasteiger charge is -2.27. The highest BCUT2D eigenvalue weighted by Gasteiger charge is 2.29. The third-order valence-corrected chi connectivity index (χ3v) is 2.14. The van der Waals surface area contributed by atoms with E-state index in [0.717, 1.165) is 0 Å². The smallest absolute Gasteiger partial charge is 0.180 e. The van der Waals surface area contributed by atoms with Crippen LogP contribution in [0.25, 0.3) is 0 Å². The van der Waals surface area contributed by atoms with E-state index < -0.39 is 5.72 Å². The van der Waals surface area contributed by atoms with Gasteiger partial charge in [-0.15, -0.1) is 0 Å². The molecule has 0 aromatic rings. The van der Waals surface area contributed by atoms with Gasteiger partial charge in [0.2, 0.25) is 0 Å². The molecule has 2 atom stereocenters. The van der Waals surface area contributed by atoms with Gasteiger partial charge in [-0.25, -0.2) is 5.53 Å². The summed E-state index contributed by atoms with van der Waals surface area (Å²) in [7, 11) is 3.22. The van der Waals surface area contributed by atoms with Gasteiger partial charge in [-0.2, -0.15) is 5.11 Å². The Hall–Kier alpha value is -0.480. The van der Waals surface area contributed by atoms with E-state index in [1.807, 2.05) is 13.8 Å². The average Bonchev–Trinajstić information content (AvgIpc) is 2.14. The highest BCUT2D eigenvalue weighted by Crippen LogP contribution is 2.23. The Labute approximate surface area is 73.8 Å². The van der Waals surface area contributed by atoms with Crippen molar-refractivity contribution in [1.29, 1.82) is 5.53 Å². The van der Waals surface area contributed by atoms with Crippen molar-refractivity contribution >= 4 is 0 Å². The predicted octanol–water partition coefficient (Wildman–Crippen LogP) is 2.20. The van der Waals surface area contributed by atoms with Crippen LogP contribution in [0.15, 0.2) is 5.11 Å². The van der Waals surface area contributed by atoms with Crippen molar-refractivity contribution in [3.63, 3.8) is 0 Å². The van der Waals surface area contributed by atoms with Gasteiger partial charge in [-0.3, -0.25) is 0 Å². The molecule has 0 radical (unpaired) electrons. The van der Waals surface area contributed by atoms with E-state index in [2.05, 4.69) is 5.11 Å². The minimum Gasteiger partial charge on any atom is -0.382 e. The van der Waals surface area contributed by atoms with Crippen molar-refractivity contribution in [2.75, 3.05) is 14.2 Å². The maximum atomic E-state index is 7.02. The Morgan fingerprint density at radius 3 is 2.33 bits per heavy atom. The summed E-state index contributed by atoms with van der Waals surface area (Å²) in [5.74, 6) is 0. The number of ether oxygens (including phenoxy) is 2. The summed E-state index contributed by atoms with van der Waals surface area (Å²) in [6, 6.07) is 0. The molecule has 1 N–H and O–H groups in total. The standard InChI is InChI=1S/C8H18N2O2/c1-5-8(10-9,12-4)6-7(2)11-3/h7,9H,5-6H2,1-4H3. The lowest BCUT2D eigenvalue weighted by atomic mass is 10.0. The van der Waals surface area contributed by atoms with Crippen LogP contribution in [0.5, 0.6) is 0 Å². The molecular weight excluding hydrogens is 156 g/mol. The van der Waals surface area contributed by atoms with Gasteiger partial charge in [0.15, 0.2) is 5.72 Å². The Morgan fingerprint density at radius 1 is 1.50 bits per heavy atom. The summed E-state index contributed by atoms with van der Waals surface area (Å²) >= 11 is 0. The van der Waals surface area contributed by atoms with Crippen LogP contribution in [-0.4, -0.2) is 26.0 Å². The number of rotatable bonds is 6. The van der Waals surface area contributed by atoms with Crippen molar-refractivity contribution in [3.05, 3.63) is 0 Å². The maximum Gasteiger partial charge on any atom is 0.180 e. The fraction of sp³-hybridized carbons (Fsp3) is 1.00. The highest BCUT2D eigenvalue weighted by atomic mass is 16.5. The molecule has 0 aliphatic carbocycles. The Bertz CT molecular complexity index is 135. The number of nitrogens with zero attached hydrogens (tertiary/aromatic N) is 1. The molecule has 12 heavy (non-hydrogen) atoms. The summed E-state index contributed by atoms with van der Waals surface area (Å²) in [6.45, 7) is 3.89. The van der Waals surface area contributed by atoms with Gasteiger partial charge in [0.1, 0.15) is 0 Å². The SMILES string of the molecule is CCC(CC(C)OC)(N=N)OC. The van der Waals surface area contributed by atoms with Crippen molar-refractivity contribution < 1.29 is 9.47 Å². The molecule has 0 heterocycles. The first-order valence-corrected chi connectivity index (χ1v) is 4.10. The van der Waals surface area contributed by atoms with Crippen LogP contribution in [0.3, 0.4) is 0 Å². The van der Waals surface area contributed by atoms with Crippen molar-refractivity contribution in [3.8, 4) is 0 Å². The fourth-order valence-electron chi connectivity index (χ4n) is 1.07. The molecule has 0 spiro atoms. The largest absolute Gasteiger partial charge is 0.382 e. The molecule has 2 unspecified atom stereocenters. The third kappa shape index (κ3) is 2.87. The van der Waals surface area contributed by atoms with Crippen molar-refractivity contribution in [2.24, 2.45) is 5.11 Å². The first-order chi connectivity index (χ1) is 5.64. The Kier molecular flexibility index (Phi) is 5.01. The molecule has 0 aliphatic rings. The van der Waals surface area contributed by atoms with Gasteiger partial charge in [0, 0.05) is 20.6 Å². The zero-order valence-electron chi connectivity index (χ0n) is 8.26. The topological polar surface area (TPSA) is 54.7 Å². The summed E-state index contributed by atoms with van der Waals surface area (Å²) in [5, 5.41) is 3.49. The van der Waals surface area contributed by atoms with Gasteiger partial charge in [-0.05, 0) is 13.3 Å². The van der Waals surface area contributed by atoms with Crippen LogP contribution < -0.4 is 0 Å². The van der Waals surface area contributed by atoms with E-state index in [1.165, 1.54) is 0 Å². The van der Waals surface area contributed by atoms with Crippen LogP contribution in [0.4, 0.5) is 0 Å². The first-order valence-electron chi connectivity index (χ1n) is 4.10. The number of hydrogen-bond donors (Lipinski definition) is 1. The van der Waals surface area contributed by atoms with Gasteiger partial charge in [0.25, 0.3) is 0 Å². The van der Waals surface area contributed by atoms with E-state index in [4.69, 9.17) is 15.0 Å². The zero-order chi connectivity index (χ0) is 9.61. The van der Waals surface area contributed by atoms with Gasteiger partial charge >= 0.3 is 0 Å². The van der Waals surface area contributed by atoms with Crippen molar-refractivity contribution in [1.82, 2.24) is 0 Å². The number of hydrogen-bond acceptors (Lipinski definition) is 4. The molecule has 72 valence electrons. The van der Waals surface area contributed by atoms with Crippen LogP contribution in [0.2, 0.25) is 0 Å². The van der Waals surface area contributed by atoms with Crippen LogP contribution in [-0.2, 0) is 9.47 Å². The molecule has 0 aromatic heterocycles. The molecule has 0 amide bonds. The maximum absolute atomic E-state index is 7.02. The van der Waals surface area contributed by atoms with Crippen LogP contribution >= 0.6 is 0 Å². The fourth-order valence-corrected chi connectivity index (χ4v) is 1.07. The van der Waals surface area contributed by atoms with E-state index in [-0.39, 0.29) is 6.10 Å². The molecule has 4 nitrogen and oxygen atoms in total. The molecule has 0 aromatic carbocycles. The van der Waals surface area contributed by atoms with Crippen molar-refractivity contribution in [2.45, 2.75) is 38.5 Å². The Balaban J connectivity index is 4.19. The normalized spacial score (nSPS) is 18.3. The molecular formula is C8H18N2O2. The number of methoxy groups -OCH3 is 2. The lowest BCUT2D eigenvalue weighted by Crippen LogP contribution is -2.32. The van der Waals surface area contributed by atoms with E-state index in [0.29, 0.717) is 12.8 Å². The van der Waals surface area contributed by atoms with Crippen LogP contribution in [0, 0.1) is 5.53 Å². The third-order valence-electron chi connectivity index (χ3n) is 2.14. The van der Waals surface area contributed by atoms with E-state index in [1.54, 1.807) is 14.2 Å². The molecule has 0 saturated carbocycles. The quantitative estimate of drug-likeness (QED) is 0.627. The van der Waals surface area contributed by atoms with Gasteiger partial charge in [0.05, 0.1) is 6.10 Å². The average molecular weight is 174 g/mol. The van der Waals surface area contributed by atoms with Gasteiger partial charge < -0.3 is 9.47 Å². The Morgan fingerprint density at radius 2 is 2.08 bits per heavy atom. The second-order valence-corrected chi connectivity index (χ2v) is 2.87. The summed E-state index contributed by atoms with van der Waals surface area (Å²) in [5.41, 5.74) is 6.34. The second-order valence-electron chi connectivity index (χ2n) is 2.87. The minimum absolute atomic E-state index is 0.0685. The molecule has 0 saturated heterocycles. The summed E-state index contributed by atoms with van der Waals surface area (Å²) in [6.07, 6.45) is 1.39. The number of nitrogens with one attached hydrogen (secondary N) is 1. The van der Waals surface area contributed by atoms with Crippen LogP contribution in [0.1, 0.15) is 26.7 Å². The minimum atomic E-state index is -0.685. The predicted molar refractivity (Wildman–Crippen MR) is 46.3 cm³/mol. The molecule has 0 fully saturated rings. The summed E-state index contributed by atoms with van der Waals surface area (Å²) in [4.78, 5) is 0. The lowest BCUT2D eigenvalue weighted by molar-refractivity contribution is -0.0549. The molecule has 0 aliphatic heterocycles. The van der Waals surface area contributed by atoms with E-state index >= 15 is 0 Å². The second kappa shape index (κ2) is 5.22. The molecule has 4 heteroatoms.